The highest BCUT2D eigenvalue weighted by Crippen LogP contribution is 2.66. The van der Waals surface area contributed by atoms with Gasteiger partial charge < -0.3 is 19.3 Å². The predicted octanol–water partition coefficient (Wildman–Crippen LogP) is 3.70. The van der Waals surface area contributed by atoms with E-state index in [-0.39, 0.29) is 18.0 Å². The standard InChI is InChI=1S/C23H26N2O5/c1-28-18-4-2-17(3-5-18)22-9-15-8-16(10-22)12-23(11-15,14-22)21(27)29-13-20(26)24-19-6-7-30-25-19/h2-7,15-16H,8-14H2,1H3,(H,24,25,26). The van der Waals surface area contributed by atoms with E-state index in [1.165, 1.54) is 24.3 Å². The van der Waals surface area contributed by atoms with Gasteiger partial charge in [-0.15, -0.1) is 0 Å². The average molecular weight is 410 g/mol. The number of hydrogen-bond acceptors (Lipinski definition) is 6. The Morgan fingerprint density at radius 2 is 1.87 bits per heavy atom. The first-order valence-electron chi connectivity index (χ1n) is 10.5. The third-order valence-corrected chi connectivity index (χ3v) is 7.24. The summed E-state index contributed by atoms with van der Waals surface area (Å²) >= 11 is 0. The summed E-state index contributed by atoms with van der Waals surface area (Å²) in [6, 6.07) is 9.85. The number of carbonyl (C=O) groups is 2. The van der Waals surface area contributed by atoms with Gasteiger partial charge in [0.15, 0.2) is 12.4 Å². The highest BCUT2D eigenvalue weighted by atomic mass is 16.5. The molecule has 2 unspecified atom stereocenters. The van der Waals surface area contributed by atoms with Crippen LogP contribution in [0.4, 0.5) is 5.82 Å². The van der Waals surface area contributed by atoms with Crippen LogP contribution in [0.2, 0.25) is 0 Å². The van der Waals surface area contributed by atoms with E-state index < -0.39 is 11.3 Å². The highest BCUT2D eigenvalue weighted by Gasteiger charge is 2.61. The molecule has 7 nitrogen and oxygen atoms in total. The maximum atomic E-state index is 13.2. The van der Waals surface area contributed by atoms with Crippen LogP contribution in [0, 0.1) is 17.3 Å². The zero-order valence-electron chi connectivity index (χ0n) is 17.1. The molecule has 7 heteroatoms. The Morgan fingerprint density at radius 1 is 1.13 bits per heavy atom. The molecular weight excluding hydrogens is 384 g/mol. The summed E-state index contributed by atoms with van der Waals surface area (Å²) in [6.45, 7) is -0.307. The average Bonchev–Trinajstić information content (AvgIpc) is 3.24. The minimum atomic E-state index is -0.488. The van der Waals surface area contributed by atoms with Crippen molar-refractivity contribution >= 4 is 17.7 Å². The molecule has 1 aromatic heterocycles. The fraction of sp³-hybridized carbons (Fsp3) is 0.522. The number of nitrogens with one attached hydrogen (secondary N) is 1. The molecule has 6 rings (SSSR count). The van der Waals surface area contributed by atoms with Crippen LogP contribution in [0.3, 0.4) is 0 Å². The number of amides is 1. The second-order valence-corrected chi connectivity index (χ2v) is 9.26. The Kier molecular flexibility index (Phi) is 4.56. The normalized spacial score (nSPS) is 31.4. The molecular formula is C23H26N2O5. The van der Waals surface area contributed by atoms with Crippen molar-refractivity contribution < 1.29 is 23.6 Å². The number of aromatic nitrogens is 1. The molecule has 0 saturated heterocycles. The Hall–Kier alpha value is -2.83. The van der Waals surface area contributed by atoms with Crippen LogP contribution in [0.5, 0.6) is 5.75 Å². The molecule has 30 heavy (non-hydrogen) atoms. The van der Waals surface area contributed by atoms with E-state index in [1.807, 2.05) is 12.1 Å². The number of esters is 1. The molecule has 0 radical (unpaired) electrons. The zero-order valence-corrected chi connectivity index (χ0v) is 17.1. The maximum absolute atomic E-state index is 13.2. The number of anilines is 1. The molecule has 1 N–H and O–H groups in total. The Labute approximate surface area is 175 Å². The molecule has 2 atom stereocenters. The summed E-state index contributed by atoms with van der Waals surface area (Å²) in [4.78, 5) is 25.3. The van der Waals surface area contributed by atoms with E-state index in [4.69, 9.17) is 14.0 Å². The van der Waals surface area contributed by atoms with Crippen molar-refractivity contribution in [2.45, 2.75) is 43.9 Å². The van der Waals surface area contributed by atoms with Crippen LogP contribution >= 0.6 is 0 Å². The number of carbonyl (C=O) groups excluding carboxylic acids is 2. The number of rotatable bonds is 6. The van der Waals surface area contributed by atoms with E-state index >= 15 is 0 Å². The summed E-state index contributed by atoms with van der Waals surface area (Å²) in [5.41, 5.74) is 0.814. The van der Waals surface area contributed by atoms with Gasteiger partial charge in [-0.3, -0.25) is 9.59 Å². The topological polar surface area (TPSA) is 90.7 Å². The van der Waals surface area contributed by atoms with Crippen molar-refractivity contribution in [3.63, 3.8) is 0 Å². The molecule has 4 bridgehead atoms. The van der Waals surface area contributed by atoms with Gasteiger partial charge in [0.05, 0.1) is 12.5 Å². The number of ether oxygens (including phenoxy) is 2. The molecule has 0 aliphatic heterocycles. The third-order valence-electron chi connectivity index (χ3n) is 7.24. The molecule has 2 aromatic rings. The van der Waals surface area contributed by atoms with Gasteiger partial charge in [0.25, 0.3) is 5.91 Å². The zero-order chi connectivity index (χ0) is 20.8. The number of nitrogens with zero attached hydrogens (tertiary/aromatic N) is 1. The molecule has 1 heterocycles. The van der Waals surface area contributed by atoms with Crippen molar-refractivity contribution in [3.05, 3.63) is 42.2 Å². The molecule has 4 aliphatic rings. The lowest BCUT2D eigenvalue weighted by Gasteiger charge is -2.61. The van der Waals surface area contributed by atoms with Crippen molar-refractivity contribution in [1.82, 2.24) is 5.16 Å². The molecule has 0 spiro atoms. The van der Waals surface area contributed by atoms with Crippen molar-refractivity contribution in [3.8, 4) is 5.75 Å². The Bertz CT molecular complexity index is 923. The van der Waals surface area contributed by atoms with E-state index in [1.54, 1.807) is 7.11 Å². The van der Waals surface area contributed by atoms with Crippen LogP contribution in [-0.2, 0) is 19.7 Å². The molecule has 4 fully saturated rings. The van der Waals surface area contributed by atoms with E-state index in [9.17, 15) is 9.59 Å². The summed E-state index contributed by atoms with van der Waals surface area (Å²) in [5, 5.41) is 6.20. The van der Waals surface area contributed by atoms with Gasteiger partial charge in [-0.25, -0.2) is 0 Å². The molecule has 1 aromatic carbocycles. The summed E-state index contributed by atoms with van der Waals surface area (Å²) in [5.74, 6) is 1.58. The summed E-state index contributed by atoms with van der Waals surface area (Å²) < 4.78 is 15.5. The van der Waals surface area contributed by atoms with Gasteiger partial charge in [-0.05, 0) is 73.5 Å². The minimum absolute atomic E-state index is 0.0122. The predicted molar refractivity (Wildman–Crippen MR) is 108 cm³/mol. The number of hydrogen-bond donors (Lipinski definition) is 1. The Morgan fingerprint density at radius 3 is 2.50 bits per heavy atom. The van der Waals surface area contributed by atoms with Crippen LogP contribution in [0.15, 0.2) is 41.1 Å². The minimum Gasteiger partial charge on any atom is -0.497 e. The molecule has 158 valence electrons. The Balaban J connectivity index is 1.32. The monoisotopic (exact) mass is 410 g/mol. The maximum Gasteiger partial charge on any atom is 0.312 e. The van der Waals surface area contributed by atoms with Gasteiger partial charge in [-0.1, -0.05) is 17.3 Å². The lowest BCUT2D eigenvalue weighted by molar-refractivity contribution is -0.175. The fourth-order valence-electron chi connectivity index (χ4n) is 6.52. The van der Waals surface area contributed by atoms with Gasteiger partial charge >= 0.3 is 5.97 Å². The summed E-state index contributed by atoms with van der Waals surface area (Å²) in [6.07, 6.45) is 7.34. The number of methoxy groups -OCH3 is 1. The van der Waals surface area contributed by atoms with Gasteiger partial charge in [-0.2, -0.15) is 0 Å². The van der Waals surface area contributed by atoms with Gasteiger partial charge in [0.2, 0.25) is 0 Å². The van der Waals surface area contributed by atoms with Crippen LogP contribution in [-0.4, -0.2) is 30.7 Å². The second-order valence-electron chi connectivity index (χ2n) is 9.26. The van der Waals surface area contributed by atoms with E-state index in [0.717, 1.165) is 37.9 Å². The highest BCUT2D eigenvalue weighted by molar-refractivity contribution is 5.92. The van der Waals surface area contributed by atoms with Crippen LogP contribution < -0.4 is 10.1 Å². The fourth-order valence-corrected chi connectivity index (χ4v) is 6.52. The van der Waals surface area contributed by atoms with Crippen molar-refractivity contribution in [1.29, 1.82) is 0 Å². The molecule has 1 amide bonds. The quantitative estimate of drug-likeness (QED) is 0.730. The van der Waals surface area contributed by atoms with Crippen molar-refractivity contribution in [2.24, 2.45) is 17.3 Å². The van der Waals surface area contributed by atoms with Crippen LogP contribution in [0.25, 0.3) is 0 Å². The largest absolute Gasteiger partial charge is 0.497 e. The van der Waals surface area contributed by atoms with E-state index in [0.29, 0.717) is 17.7 Å². The lowest BCUT2D eigenvalue weighted by atomic mass is 9.43. The van der Waals surface area contributed by atoms with E-state index in [2.05, 4.69) is 22.6 Å². The lowest BCUT2D eigenvalue weighted by Crippen LogP contribution is -2.57. The van der Waals surface area contributed by atoms with Gasteiger partial charge in [0, 0.05) is 6.07 Å². The molecule has 4 saturated carbocycles. The first-order chi connectivity index (χ1) is 14.5. The number of benzene rings is 1. The summed E-state index contributed by atoms with van der Waals surface area (Å²) in [7, 11) is 1.67. The van der Waals surface area contributed by atoms with Crippen LogP contribution in [0.1, 0.15) is 44.1 Å². The first-order valence-corrected chi connectivity index (χ1v) is 10.5. The SMILES string of the molecule is COc1ccc(C23CC4CC(CC(C(=O)OCC(=O)Nc5ccon5)(C4)C2)C3)cc1. The second kappa shape index (κ2) is 7.15. The third kappa shape index (κ3) is 3.26. The van der Waals surface area contributed by atoms with Crippen molar-refractivity contribution in [2.75, 3.05) is 19.0 Å². The first kappa shape index (κ1) is 19.2. The molecule has 4 aliphatic carbocycles. The smallest absolute Gasteiger partial charge is 0.312 e. The van der Waals surface area contributed by atoms with Gasteiger partial charge in [0.1, 0.15) is 12.0 Å².